The van der Waals surface area contributed by atoms with Crippen molar-refractivity contribution < 1.29 is 9.53 Å². The molecule has 0 radical (unpaired) electrons. The van der Waals surface area contributed by atoms with E-state index in [4.69, 9.17) is 4.74 Å². The second kappa shape index (κ2) is 8.31. The minimum atomic E-state index is -0.320. The predicted molar refractivity (Wildman–Crippen MR) is 97.9 cm³/mol. The van der Waals surface area contributed by atoms with Gasteiger partial charge in [-0.1, -0.05) is 15.9 Å². The van der Waals surface area contributed by atoms with Crippen LogP contribution in [-0.2, 0) is 4.79 Å². The van der Waals surface area contributed by atoms with Crippen molar-refractivity contribution in [3.8, 4) is 5.75 Å². The van der Waals surface area contributed by atoms with Crippen molar-refractivity contribution in [2.45, 2.75) is 19.9 Å². The maximum Gasteiger partial charge on any atom is 0.277 e. The summed E-state index contributed by atoms with van der Waals surface area (Å²) >= 11 is 6.73. The Kier molecular flexibility index (Phi) is 6.41. The maximum absolute atomic E-state index is 11.7. The first-order chi connectivity index (χ1) is 11.0. The monoisotopic (exact) mass is 441 g/mol. The highest BCUT2D eigenvalue weighted by Gasteiger charge is 2.05. The predicted octanol–water partition coefficient (Wildman–Crippen LogP) is 4.12. The Labute approximate surface area is 152 Å². The van der Waals surface area contributed by atoms with E-state index in [0.717, 1.165) is 14.5 Å². The molecule has 2 rings (SSSR count). The molecular weight excluding hydrogens is 426 g/mol. The highest BCUT2D eigenvalue weighted by atomic mass is 79.9. The van der Waals surface area contributed by atoms with Crippen molar-refractivity contribution in [2.24, 2.45) is 5.10 Å². The summed E-state index contributed by atoms with van der Waals surface area (Å²) in [6.07, 6.45) is 5.55. The molecule has 5 nitrogen and oxygen atoms in total. The summed E-state index contributed by atoms with van der Waals surface area (Å²) in [5, 5.41) is 3.93. The fourth-order valence-electron chi connectivity index (χ4n) is 1.77. The Morgan fingerprint density at radius 2 is 2.17 bits per heavy atom. The van der Waals surface area contributed by atoms with Gasteiger partial charge in [-0.25, -0.2) is 5.43 Å². The number of carbonyl (C=O) groups excluding carboxylic acids is 1. The normalized spacial score (nSPS) is 11.2. The number of nitrogens with zero attached hydrogens (tertiary/aromatic N) is 2. The van der Waals surface area contributed by atoms with Crippen molar-refractivity contribution in [3.05, 3.63) is 51.2 Å². The van der Waals surface area contributed by atoms with Crippen LogP contribution >= 0.6 is 31.9 Å². The van der Waals surface area contributed by atoms with Gasteiger partial charge in [-0.15, -0.1) is 0 Å². The standard InChI is InChI=1S/C16H17Br2N3O2/c1-11(2)21-6-5-12(9-21)8-19-20-16(22)10-23-15-4-3-13(17)7-14(15)18/h3-9,11H,10H2,1-2H3,(H,20,22)/b19-8+. The zero-order valence-corrected chi connectivity index (χ0v) is 16.0. The van der Waals surface area contributed by atoms with Gasteiger partial charge in [-0.2, -0.15) is 5.10 Å². The zero-order valence-electron chi connectivity index (χ0n) is 12.8. The van der Waals surface area contributed by atoms with Crippen LogP contribution in [0.5, 0.6) is 5.75 Å². The summed E-state index contributed by atoms with van der Waals surface area (Å²) in [5.41, 5.74) is 3.37. The highest BCUT2D eigenvalue weighted by Crippen LogP contribution is 2.28. The first-order valence-corrected chi connectivity index (χ1v) is 8.61. The van der Waals surface area contributed by atoms with E-state index >= 15 is 0 Å². The lowest BCUT2D eigenvalue weighted by Gasteiger charge is -2.07. The molecule has 0 atom stereocenters. The van der Waals surface area contributed by atoms with Crippen molar-refractivity contribution in [1.82, 2.24) is 9.99 Å². The molecule has 1 aromatic carbocycles. The molecule has 0 saturated heterocycles. The van der Waals surface area contributed by atoms with Crippen LogP contribution in [0.2, 0.25) is 0 Å². The van der Waals surface area contributed by atoms with Crippen LogP contribution in [0.15, 0.2) is 50.7 Å². The van der Waals surface area contributed by atoms with E-state index in [1.807, 2.05) is 30.6 Å². The van der Waals surface area contributed by atoms with Crippen LogP contribution in [0, 0.1) is 0 Å². The Hall–Kier alpha value is -1.60. The third-order valence-corrected chi connectivity index (χ3v) is 4.10. The highest BCUT2D eigenvalue weighted by molar-refractivity contribution is 9.11. The van der Waals surface area contributed by atoms with Crippen LogP contribution in [0.25, 0.3) is 0 Å². The van der Waals surface area contributed by atoms with Crippen LogP contribution in [0.3, 0.4) is 0 Å². The molecule has 0 saturated carbocycles. The molecule has 0 spiro atoms. The number of ether oxygens (including phenoxy) is 1. The van der Waals surface area contributed by atoms with E-state index in [1.165, 1.54) is 0 Å². The Balaban J connectivity index is 1.81. The van der Waals surface area contributed by atoms with Gasteiger partial charge in [0.1, 0.15) is 5.75 Å². The number of hydrogen-bond donors (Lipinski definition) is 1. The molecule has 23 heavy (non-hydrogen) atoms. The molecule has 122 valence electrons. The van der Waals surface area contributed by atoms with Gasteiger partial charge in [0.05, 0.1) is 10.7 Å². The quantitative estimate of drug-likeness (QED) is 0.540. The molecule has 1 aromatic heterocycles. The van der Waals surface area contributed by atoms with Crippen LogP contribution in [0.4, 0.5) is 0 Å². The van der Waals surface area contributed by atoms with Crippen molar-refractivity contribution >= 4 is 44.0 Å². The van der Waals surface area contributed by atoms with Gasteiger partial charge in [0.2, 0.25) is 0 Å². The molecule has 1 N–H and O–H groups in total. The summed E-state index contributed by atoms with van der Waals surface area (Å²) < 4.78 is 9.21. The molecule has 0 unspecified atom stereocenters. The Morgan fingerprint density at radius 1 is 1.39 bits per heavy atom. The van der Waals surface area contributed by atoms with E-state index in [0.29, 0.717) is 11.8 Å². The summed E-state index contributed by atoms with van der Waals surface area (Å²) in [5.74, 6) is 0.278. The SMILES string of the molecule is CC(C)n1ccc(/C=N/NC(=O)COc2ccc(Br)cc2Br)c1. The molecule has 0 fully saturated rings. The van der Waals surface area contributed by atoms with Gasteiger partial charge < -0.3 is 9.30 Å². The largest absolute Gasteiger partial charge is 0.483 e. The topological polar surface area (TPSA) is 55.6 Å². The number of rotatable bonds is 6. The molecule has 1 amide bonds. The summed E-state index contributed by atoms with van der Waals surface area (Å²) in [4.78, 5) is 11.7. The number of amides is 1. The molecule has 0 bridgehead atoms. The van der Waals surface area contributed by atoms with E-state index in [-0.39, 0.29) is 12.5 Å². The number of hydrazone groups is 1. The molecule has 2 aromatic rings. The van der Waals surface area contributed by atoms with Gasteiger partial charge in [-0.05, 0) is 54.0 Å². The van der Waals surface area contributed by atoms with E-state index in [1.54, 1.807) is 12.3 Å². The lowest BCUT2D eigenvalue weighted by molar-refractivity contribution is -0.123. The molecule has 0 aliphatic carbocycles. The summed E-state index contributed by atoms with van der Waals surface area (Å²) in [7, 11) is 0. The number of hydrogen-bond acceptors (Lipinski definition) is 3. The number of benzene rings is 1. The molecule has 7 heteroatoms. The number of nitrogens with one attached hydrogen (secondary N) is 1. The number of halogens is 2. The van der Waals surface area contributed by atoms with Crippen LogP contribution < -0.4 is 10.2 Å². The lowest BCUT2D eigenvalue weighted by Crippen LogP contribution is -2.24. The van der Waals surface area contributed by atoms with Gasteiger partial charge in [0.15, 0.2) is 6.61 Å². The van der Waals surface area contributed by atoms with E-state index in [2.05, 4.69) is 60.8 Å². The fourth-order valence-corrected chi connectivity index (χ4v) is 2.94. The fraction of sp³-hybridized carbons (Fsp3) is 0.250. The number of aromatic nitrogens is 1. The third kappa shape index (κ3) is 5.51. The van der Waals surface area contributed by atoms with E-state index in [9.17, 15) is 4.79 Å². The number of carbonyl (C=O) groups is 1. The lowest BCUT2D eigenvalue weighted by atomic mass is 10.3. The summed E-state index contributed by atoms with van der Waals surface area (Å²) in [6, 6.07) is 7.80. The average molecular weight is 443 g/mol. The van der Waals surface area contributed by atoms with Gasteiger partial charge in [-0.3, -0.25) is 4.79 Å². The zero-order chi connectivity index (χ0) is 16.8. The molecule has 0 aliphatic heterocycles. The smallest absolute Gasteiger partial charge is 0.277 e. The molecular formula is C16H17Br2N3O2. The Bertz CT molecular complexity index is 711. The van der Waals surface area contributed by atoms with Crippen LogP contribution in [-0.4, -0.2) is 23.3 Å². The first kappa shape index (κ1) is 17.7. The minimum absolute atomic E-state index is 0.107. The summed E-state index contributed by atoms with van der Waals surface area (Å²) in [6.45, 7) is 4.09. The maximum atomic E-state index is 11.7. The second-order valence-electron chi connectivity index (χ2n) is 5.14. The Morgan fingerprint density at radius 3 is 2.83 bits per heavy atom. The van der Waals surface area contributed by atoms with Gasteiger partial charge >= 0.3 is 0 Å². The minimum Gasteiger partial charge on any atom is -0.483 e. The third-order valence-electron chi connectivity index (χ3n) is 2.99. The molecule has 1 heterocycles. The van der Waals surface area contributed by atoms with Crippen LogP contribution in [0.1, 0.15) is 25.5 Å². The average Bonchev–Trinajstić information content (AvgIpc) is 2.95. The van der Waals surface area contributed by atoms with Crippen molar-refractivity contribution in [1.29, 1.82) is 0 Å². The van der Waals surface area contributed by atoms with Crippen molar-refractivity contribution in [3.63, 3.8) is 0 Å². The van der Waals surface area contributed by atoms with E-state index < -0.39 is 0 Å². The molecule has 0 aliphatic rings. The first-order valence-electron chi connectivity index (χ1n) is 7.03. The van der Waals surface area contributed by atoms with Crippen molar-refractivity contribution in [2.75, 3.05) is 6.61 Å². The van der Waals surface area contributed by atoms with Gasteiger partial charge in [0, 0.05) is 28.5 Å². The second-order valence-corrected chi connectivity index (χ2v) is 6.91. The van der Waals surface area contributed by atoms with Gasteiger partial charge in [0.25, 0.3) is 5.91 Å².